The van der Waals surface area contributed by atoms with E-state index in [0.717, 1.165) is 25.2 Å². The number of rotatable bonds is 7. The lowest BCUT2D eigenvalue weighted by atomic mass is 9.77. The fraction of sp³-hybridized carbons (Fsp3) is 0.571. The maximum absolute atomic E-state index is 9.40. The zero-order valence-corrected chi connectivity index (χ0v) is 12.4. The van der Waals surface area contributed by atoms with Crippen LogP contribution in [0, 0.1) is 0 Å². The number of hydrogen-bond acceptors (Lipinski definition) is 4. The lowest BCUT2D eigenvalue weighted by Crippen LogP contribution is -2.42. The number of benzene rings is 1. The Balaban J connectivity index is 2.81. The second kappa shape index (κ2) is 7.65. The van der Waals surface area contributed by atoms with E-state index in [4.69, 9.17) is 0 Å². The van der Waals surface area contributed by atoms with Crippen LogP contribution in [0.25, 0.3) is 0 Å². The molecule has 0 heterocycles. The van der Waals surface area contributed by atoms with Crippen LogP contribution in [0.1, 0.15) is 19.4 Å². The summed E-state index contributed by atoms with van der Waals surface area (Å²) in [6, 6.07) is 7.91. The van der Waals surface area contributed by atoms with E-state index < -0.39 is 7.12 Å². The number of hydrogen-bond donors (Lipinski definition) is 2. The second-order valence-corrected chi connectivity index (χ2v) is 5.25. The predicted molar refractivity (Wildman–Crippen MR) is 80.4 cm³/mol. The normalized spacial score (nSPS) is 13.1. The highest BCUT2D eigenvalue weighted by molar-refractivity contribution is 6.59. The zero-order valence-electron chi connectivity index (χ0n) is 12.4. The van der Waals surface area contributed by atoms with Gasteiger partial charge in [0.25, 0.3) is 0 Å². The summed E-state index contributed by atoms with van der Waals surface area (Å²) in [5.41, 5.74) is 1.57. The Morgan fingerprint density at radius 1 is 1.21 bits per heavy atom. The summed E-state index contributed by atoms with van der Waals surface area (Å²) in [6.07, 6.45) is 0. The summed E-state index contributed by atoms with van der Waals surface area (Å²) < 4.78 is 0. The first kappa shape index (κ1) is 16.2. The van der Waals surface area contributed by atoms with Crippen LogP contribution < -0.4 is 5.46 Å². The molecule has 5 heteroatoms. The van der Waals surface area contributed by atoms with Gasteiger partial charge >= 0.3 is 7.12 Å². The van der Waals surface area contributed by atoms with Gasteiger partial charge in [0.15, 0.2) is 0 Å². The third-order valence-electron chi connectivity index (χ3n) is 3.37. The van der Waals surface area contributed by atoms with Gasteiger partial charge in [-0.15, -0.1) is 0 Å². The smallest absolute Gasteiger partial charge is 0.423 e. The van der Waals surface area contributed by atoms with Crippen molar-refractivity contribution in [3.05, 3.63) is 29.8 Å². The molecule has 1 unspecified atom stereocenters. The molecule has 1 aromatic carbocycles. The van der Waals surface area contributed by atoms with Gasteiger partial charge in [0, 0.05) is 19.1 Å². The van der Waals surface area contributed by atoms with Gasteiger partial charge in [-0.3, -0.25) is 4.90 Å². The Kier molecular flexibility index (Phi) is 6.52. The highest BCUT2D eigenvalue weighted by Gasteiger charge is 2.19. The van der Waals surface area contributed by atoms with E-state index in [1.807, 2.05) is 18.2 Å². The summed E-state index contributed by atoms with van der Waals surface area (Å²) in [6.45, 7) is 6.98. The summed E-state index contributed by atoms with van der Waals surface area (Å²) >= 11 is 0. The molecule has 0 saturated heterocycles. The second-order valence-electron chi connectivity index (χ2n) is 5.25. The van der Waals surface area contributed by atoms with Crippen molar-refractivity contribution in [3.8, 4) is 0 Å². The van der Waals surface area contributed by atoms with Gasteiger partial charge in [-0.1, -0.05) is 31.2 Å². The minimum atomic E-state index is -1.40. The quantitative estimate of drug-likeness (QED) is 0.688. The van der Waals surface area contributed by atoms with Gasteiger partial charge in [0.2, 0.25) is 0 Å². The topological polar surface area (TPSA) is 46.9 Å². The first-order chi connectivity index (χ1) is 8.95. The molecule has 1 atom stereocenters. The molecule has 0 aliphatic heterocycles. The molecular formula is C14H25BN2O2. The first-order valence-corrected chi connectivity index (χ1v) is 6.78. The van der Waals surface area contributed by atoms with Gasteiger partial charge in [0.05, 0.1) is 0 Å². The number of likely N-dealkylation sites (N-methyl/N-ethyl adjacent to an activating group) is 2. The standard InChI is InChI=1S/C14H25BN2O2/c1-5-17(12(2)10-16(3)4)11-13-8-6-7-9-14(13)15(18)19/h6-9,12,18-19H,5,10-11H2,1-4H3. The lowest BCUT2D eigenvalue weighted by Gasteiger charge is -2.30. The summed E-state index contributed by atoms with van der Waals surface area (Å²) in [4.78, 5) is 4.50. The lowest BCUT2D eigenvalue weighted by molar-refractivity contribution is 0.174. The molecular weight excluding hydrogens is 239 g/mol. The van der Waals surface area contributed by atoms with Crippen LogP contribution in [-0.2, 0) is 6.54 Å². The van der Waals surface area contributed by atoms with Crippen LogP contribution in [0.15, 0.2) is 24.3 Å². The molecule has 0 aliphatic carbocycles. The van der Waals surface area contributed by atoms with E-state index >= 15 is 0 Å². The van der Waals surface area contributed by atoms with Gasteiger partial charge in [-0.2, -0.15) is 0 Å². The van der Waals surface area contributed by atoms with Crippen molar-refractivity contribution in [3.63, 3.8) is 0 Å². The van der Waals surface area contributed by atoms with Gasteiger partial charge in [-0.05, 0) is 38.6 Å². The van der Waals surface area contributed by atoms with Crippen molar-refractivity contribution < 1.29 is 10.0 Å². The molecule has 0 spiro atoms. The monoisotopic (exact) mass is 264 g/mol. The molecule has 4 nitrogen and oxygen atoms in total. The van der Waals surface area contributed by atoms with Crippen molar-refractivity contribution >= 4 is 12.6 Å². The fourth-order valence-corrected chi connectivity index (χ4v) is 2.37. The fourth-order valence-electron chi connectivity index (χ4n) is 2.37. The predicted octanol–water partition coefficient (Wildman–Crippen LogP) is 0.138. The Bertz CT molecular complexity index is 385. The average molecular weight is 264 g/mol. The largest absolute Gasteiger partial charge is 0.488 e. The first-order valence-electron chi connectivity index (χ1n) is 6.78. The minimum Gasteiger partial charge on any atom is -0.423 e. The third kappa shape index (κ3) is 4.95. The van der Waals surface area contributed by atoms with Crippen LogP contribution in [0.3, 0.4) is 0 Å². The van der Waals surface area contributed by atoms with Crippen molar-refractivity contribution in [1.29, 1.82) is 0 Å². The van der Waals surface area contributed by atoms with Crippen LogP contribution in [0.2, 0.25) is 0 Å². The summed E-state index contributed by atoms with van der Waals surface area (Å²) in [5, 5.41) is 18.8. The molecule has 0 radical (unpaired) electrons. The zero-order chi connectivity index (χ0) is 14.4. The Morgan fingerprint density at radius 2 is 1.84 bits per heavy atom. The van der Waals surface area contributed by atoms with Gasteiger partial charge in [-0.25, -0.2) is 0 Å². The van der Waals surface area contributed by atoms with E-state index in [-0.39, 0.29) is 0 Å². The molecule has 2 N–H and O–H groups in total. The Labute approximate surface area is 116 Å². The van der Waals surface area contributed by atoms with E-state index in [1.165, 1.54) is 0 Å². The summed E-state index contributed by atoms with van der Waals surface area (Å²) in [5.74, 6) is 0. The molecule has 0 aliphatic rings. The van der Waals surface area contributed by atoms with E-state index in [2.05, 4.69) is 37.7 Å². The van der Waals surface area contributed by atoms with E-state index in [0.29, 0.717) is 11.5 Å². The molecule has 0 amide bonds. The molecule has 1 aromatic rings. The molecule has 0 saturated carbocycles. The van der Waals surface area contributed by atoms with Crippen molar-refractivity contribution in [2.45, 2.75) is 26.4 Å². The van der Waals surface area contributed by atoms with Gasteiger partial charge in [0.1, 0.15) is 0 Å². The van der Waals surface area contributed by atoms with Crippen LogP contribution in [0.4, 0.5) is 0 Å². The molecule has 0 bridgehead atoms. The maximum Gasteiger partial charge on any atom is 0.488 e. The number of nitrogens with zero attached hydrogens (tertiary/aromatic N) is 2. The van der Waals surface area contributed by atoms with Crippen LogP contribution in [-0.4, -0.2) is 60.2 Å². The third-order valence-corrected chi connectivity index (χ3v) is 3.37. The highest BCUT2D eigenvalue weighted by atomic mass is 16.4. The molecule has 106 valence electrons. The van der Waals surface area contributed by atoms with Crippen LogP contribution >= 0.6 is 0 Å². The van der Waals surface area contributed by atoms with Crippen LogP contribution in [0.5, 0.6) is 0 Å². The minimum absolute atomic E-state index is 0.420. The molecule has 0 fully saturated rings. The maximum atomic E-state index is 9.40. The van der Waals surface area contributed by atoms with Gasteiger partial charge < -0.3 is 14.9 Å². The molecule has 0 aromatic heterocycles. The van der Waals surface area contributed by atoms with E-state index in [9.17, 15) is 10.0 Å². The SMILES string of the molecule is CCN(Cc1ccccc1B(O)O)C(C)CN(C)C. The van der Waals surface area contributed by atoms with E-state index in [1.54, 1.807) is 6.07 Å². The Morgan fingerprint density at radius 3 is 2.37 bits per heavy atom. The average Bonchev–Trinajstić information content (AvgIpc) is 2.35. The van der Waals surface area contributed by atoms with Crippen molar-refractivity contribution in [2.24, 2.45) is 0 Å². The Hall–Kier alpha value is -0.875. The van der Waals surface area contributed by atoms with Crippen molar-refractivity contribution in [1.82, 2.24) is 9.80 Å². The van der Waals surface area contributed by atoms with Crippen molar-refractivity contribution in [2.75, 3.05) is 27.2 Å². The highest BCUT2D eigenvalue weighted by Crippen LogP contribution is 2.08. The molecule has 19 heavy (non-hydrogen) atoms. The molecule has 1 rings (SSSR count). The summed E-state index contributed by atoms with van der Waals surface area (Å²) in [7, 11) is 2.73.